The summed E-state index contributed by atoms with van der Waals surface area (Å²) >= 11 is 1.43. The van der Waals surface area contributed by atoms with E-state index in [9.17, 15) is 9.59 Å². The van der Waals surface area contributed by atoms with Crippen molar-refractivity contribution in [2.75, 3.05) is 12.3 Å². The fourth-order valence-corrected chi connectivity index (χ4v) is 3.73. The molecule has 1 aliphatic carbocycles. The van der Waals surface area contributed by atoms with Crippen LogP contribution in [0.1, 0.15) is 54.9 Å². The first kappa shape index (κ1) is 17.6. The quantitative estimate of drug-likeness (QED) is 0.826. The summed E-state index contributed by atoms with van der Waals surface area (Å²) in [6.07, 6.45) is 1.71. The van der Waals surface area contributed by atoms with Crippen LogP contribution in [0.25, 0.3) is 0 Å². The smallest absolute Gasteiger partial charge is 0.407 e. The molecule has 1 aromatic heterocycles. The largest absolute Gasteiger partial charge is 0.462 e. The number of amides is 1. The Morgan fingerprint density at radius 3 is 2.70 bits per heavy atom. The number of rotatable bonds is 3. The lowest BCUT2D eigenvalue weighted by Gasteiger charge is -2.26. The van der Waals surface area contributed by atoms with Crippen LogP contribution in [0, 0.1) is 0 Å². The lowest BCUT2D eigenvalue weighted by Crippen LogP contribution is -2.41. The zero-order valence-electron chi connectivity index (χ0n) is 14.0. The monoisotopic (exact) mass is 340 g/mol. The Labute approximate surface area is 140 Å². The molecule has 7 heteroatoms. The maximum Gasteiger partial charge on any atom is 0.407 e. The minimum atomic E-state index is -0.535. The van der Waals surface area contributed by atoms with Gasteiger partial charge in [-0.05, 0) is 52.5 Å². The number of anilines is 1. The second-order valence-corrected chi connectivity index (χ2v) is 7.69. The predicted octanol–water partition coefficient (Wildman–Crippen LogP) is 2.89. The van der Waals surface area contributed by atoms with Crippen LogP contribution in [0.4, 0.5) is 9.80 Å². The predicted molar refractivity (Wildman–Crippen MR) is 89.9 cm³/mol. The first-order valence-corrected chi connectivity index (χ1v) is 8.59. The van der Waals surface area contributed by atoms with Gasteiger partial charge in [-0.15, -0.1) is 11.3 Å². The number of hydrogen-bond donors (Lipinski definition) is 2. The SMILES string of the molecule is CCOC(=O)c1c(N)sc2c1C[C@@H](NC(=O)OC(C)(C)C)CC2. The summed E-state index contributed by atoms with van der Waals surface area (Å²) in [5.41, 5.74) is 6.81. The molecule has 0 radical (unpaired) electrons. The van der Waals surface area contributed by atoms with Gasteiger partial charge in [0.05, 0.1) is 12.2 Å². The van der Waals surface area contributed by atoms with E-state index in [4.69, 9.17) is 15.2 Å². The molecule has 2 rings (SSSR count). The Hall–Kier alpha value is -1.76. The molecular weight excluding hydrogens is 316 g/mol. The maximum atomic E-state index is 12.1. The third-order valence-corrected chi connectivity index (χ3v) is 4.61. The molecule has 1 atom stereocenters. The minimum Gasteiger partial charge on any atom is -0.462 e. The van der Waals surface area contributed by atoms with Crippen LogP contribution in [-0.2, 0) is 22.3 Å². The Kier molecular flexibility index (Phi) is 5.19. The lowest BCUT2D eigenvalue weighted by atomic mass is 9.91. The Balaban J connectivity index is 2.11. The van der Waals surface area contributed by atoms with E-state index in [-0.39, 0.29) is 12.0 Å². The van der Waals surface area contributed by atoms with Crippen LogP contribution in [0.15, 0.2) is 0 Å². The highest BCUT2D eigenvalue weighted by Crippen LogP contribution is 2.36. The summed E-state index contributed by atoms with van der Waals surface area (Å²) in [4.78, 5) is 25.1. The molecule has 6 nitrogen and oxygen atoms in total. The van der Waals surface area contributed by atoms with Crippen LogP contribution < -0.4 is 11.1 Å². The van der Waals surface area contributed by atoms with Crippen LogP contribution in [-0.4, -0.2) is 30.3 Å². The number of fused-ring (bicyclic) bond motifs is 1. The first-order valence-electron chi connectivity index (χ1n) is 7.78. The van der Waals surface area contributed by atoms with E-state index in [0.717, 1.165) is 23.3 Å². The van der Waals surface area contributed by atoms with Gasteiger partial charge in [0.25, 0.3) is 0 Å². The number of nitrogens with two attached hydrogens (primary N) is 1. The van der Waals surface area contributed by atoms with Crippen LogP contribution in [0.3, 0.4) is 0 Å². The highest BCUT2D eigenvalue weighted by Gasteiger charge is 2.30. The highest BCUT2D eigenvalue weighted by molar-refractivity contribution is 7.16. The van der Waals surface area contributed by atoms with Crippen molar-refractivity contribution < 1.29 is 19.1 Å². The van der Waals surface area contributed by atoms with Crippen LogP contribution in [0.5, 0.6) is 0 Å². The van der Waals surface area contributed by atoms with Crippen molar-refractivity contribution in [3.63, 3.8) is 0 Å². The zero-order chi connectivity index (χ0) is 17.2. The van der Waals surface area contributed by atoms with E-state index in [0.29, 0.717) is 23.6 Å². The van der Waals surface area contributed by atoms with Crippen molar-refractivity contribution in [1.82, 2.24) is 5.32 Å². The van der Waals surface area contributed by atoms with Crippen molar-refractivity contribution >= 4 is 28.4 Å². The van der Waals surface area contributed by atoms with Gasteiger partial charge in [0.15, 0.2) is 0 Å². The summed E-state index contributed by atoms with van der Waals surface area (Å²) in [5, 5.41) is 3.37. The Morgan fingerprint density at radius 2 is 2.09 bits per heavy atom. The number of nitrogen functional groups attached to an aromatic ring is 1. The van der Waals surface area contributed by atoms with E-state index < -0.39 is 11.7 Å². The van der Waals surface area contributed by atoms with E-state index in [1.54, 1.807) is 6.92 Å². The van der Waals surface area contributed by atoms with Crippen molar-refractivity contribution in [1.29, 1.82) is 0 Å². The van der Waals surface area contributed by atoms with Gasteiger partial charge in [-0.3, -0.25) is 0 Å². The summed E-state index contributed by atoms with van der Waals surface area (Å²) in [6, 6.07) is -0.0699. The maximum absolute atomic E-state index is 12.1. The van der Waals surface area contributed by atoms with Crippen molar-refractivity contribution in [2.45, 2.75) is 58.6 Å². The number of hydrogen-bond acceptors (Lipinski definition) is 6. The number of thiophene rings is 1. The molecule has 0 saturated heterocycles. The first-order chi connectivity index (χ1) is 10.7. The van der Waals surface area contributed by atoms with Gasteiger partial charge in [0.2, 0.25) is 0 Å². The fraction of sp³-hybridized carbons (Fsp3) is 0.625. The van der Waals surface area contributed by atoms with Gasteiger partial charge in [-0.1, -0.05) is 0 Å². The fourth-order valence-electron chi connectivity index (χ4n) is 2.63. The number of carbonyl (C=O) groups is 2. The molecule has 0 aromatic carbocycles. The van der Waals surface area contributed by atoms with Crippen LogP contribution >= 0.6 is 11.3 Å². The van der Waals surface area contributed by atoms with Crippen molar-refractivity contribution in [3.8, 4) is 0 Å². The molecule has 1 heterocycles. The number of alkyl carbamates (subject to hydrolysis) is 1. The summed E-state index contributed by atoms with van der Waals surface area (Å²) in [5.74, 6) is -0.389. The second-order valence-electron chi connectivity index (χ2n) is 6.55. The molecule has 3 N–H and O–H groups in total. The number of nitrogens with one attached hydrogen (secondary N) is 1. The van der Waals surface area contributed by atoms with Gasteiger partial charge < -0.3 is 20.5 Å². The topological polar surface area (TPSA) is 90.6 Å². The van der Waals surface area contributed by atoms with E-state index >= 15 is 0 Å². The van der Waals surface area contributed by atoms with E-state index in [2.05, 4.69) is 5.32 Å². The average Bonchev–Trinajstić information content (AvgIpc) is 2.72. The third-order valence-electron chi connectivity index (χ3n) is 3.49. The van der Waals surface area contributed by atoms with Gasteiger partial charge in [0.1, 0.15) is 10.6 Å². The highest BCUT2D eigenvalue weighted by atomic mass is 32.1. The molecule has 128 valence electrons. The third kappa shape index (κ3) is 4.37. The molecule has 0 aliphatic heterocycles. The Bertz CT molecular complexity index is 604. The van der Waals surface area contributed by atoms with Gasteiger partial charge in [0, 0.05) is 10.9 Å². The zero-order valence-corrected chi connectivity index (χ0v) is 14.8. The van der Waals surface area contributed by atoms with E-state index in [1.165, 1.54) is 11.3 Å². The number of carbonyl (C=O) groups excluding carboxylic acids is 2. The van der Waals surface area contributed by atoms with Gasteiger partial charge in [-0.2, -0.15) is 0 Å². The normalized spacial score (nSPS) is 17.3. The number of aryl methyl sites for hydroxylation is 1. The number of ether oxygens (including phenoxy) is 2. The van der Waals surface area contributed by atoms with Crippen molar-refractivity contribution in [3.05, 3.63) is 16.0 Å². The van der Waals surface area contributed by atoms with E-state index in [1.807, 2.05) is 20.8 Å². The molecule has 1 amide bonds. The molecular formula is C16H24N2O4S. The lowest BCUT2D eigenvalue weighted by molar-refractivity contribution is 0.0500. The molecule has 0 bridgehead atoms. The Morgan fingerprint density at radius 1 is 1.39 bits per heavy atom. The number of esters is 1. The molecule has 0 unspecified atom stereocenters. The molecule has 0 fully saturated rings. The molecule has 1 aliphatic rings. The average molecular weight is 340 g/mol. The van der Waals surface area contributed by atoms with Crippen LogP contribution in [0.2, 0.25) is 0 Å². The van der Waals surface area contributed by atoms with Crippen molar-refractivity contribution in [2.24, 2.45) is 0 Å². The summed E-state index contributed by atoms with van der Waals surface area (Å²) < 4.78 is 10.4. The molecule has 1 aromatic rings. The summed E-state index contributed by atoms with van der Waals surface area (Å²) in [7, 11) is 0. The molecule has 0 saturated carbocycles. The standard InChI is InChI=1S/C16H24N2O4S/c1-5-21-14(19)12-10-8-9(6-7-11(10)23-13(12)17)18-15(20)22-16(2,3)4/h9H,5-8,17H2,1-4H3,(H,18,20)/t9-/m0/s1. The van der Waals surface area contributed by atoms with Gasteiger partial charge >= 0.3 is 12.1 Å². The minimum absolute atomic E-state index is 0.0699. The summed E-state index contributed by atoms with van der Waals surface area (Å²) in [6.45, 7) is 7.54. The van der Waals surface area contributed by atoms with Gasteiger partial charge in [-0.25, -0.2) is 9.59 Å². The molecule has 0 spiro atoms. The second kappa shape index (κ2) is 6.78. The molecule has 23 heavy (non-hydrogen) atoms.